The summed E-state index contributed by atoms with van der Waals surface area (Å²) in [5.41, 5.74) is 1.26. The number of nitrogens with zero attached hydrogens (tertiary/aromatic N) is 2. The first-order valence-corrected chi connectivity index (χ1v) is 8.62. The molecule has 0 amide bonds. The lowest BCUT2D eigenvalue weighted by Gasteiger charge is -2.40. The molecule has 0 bridgehead atoms. The molecule has 0 aromatic heterocycles. The largest absolute Gasteiger partial charge is 0.369 e. The maximum atomic E-state index is 6.10. The summed E-state index contributed by atoms with van der Waals surface area (Å²) in [7, 11) is 0. The molecule has 3 nitrogen and oxygen atoms in total. The first kappa shape index (κ1) is 15.1. The maximum Gasteiger partial charge on any atom is 0.0426 e. The smallest absolute Gasteiger partial charge is 0.0426 e. The van der Waals surface area contributed by atoms with Crippen LogP contribution < -0.4 is 10.2 Å². The van der Waals surface area contributed by atoms with Gasteiger partial charge in [0.25, 0.3) is 0 Å². The Hall–Kier alpha value is -0.770. The van der Waals surface area contributed by atoms with Crippen molar-refractivity contribution in [2.75, 3.05) is 37.6 Å². The zero-order valence-electron chi connectivity index (χ0n) is 12.9. The summed E-state index contributed by atoms with van der Waals surface area (Å²) in [5, 5.41) is 4.51. The molecule has 1 saturated heterocycles. The topological polar surface area (TPSA) is 18.5 Å². The van der Waals surface area contributed by atoms with Gasteiger partial charge in [0, 0.05) is 55.5 Å². The molecule has 21 heavy (non-hydrogen) atoms. The highest BCUT2D eigenvalue weighted by atomic mass is 35.5. The fourth-order valence-corrected chi connectivity index (χ4v) is 3.32. The van der Waals surface area contributed by atoms with Crippen LogP contribution >= 0.6 is 11.6 Å². The highest BCUT2D eigenvalue weighted by molar-refractivity contribution is 6.30. The molecule has 0 spiro atoms. The van der Waals surface area contributed by atoms with Crippen molar-refractivity contribution in [3.05, 3.63) is 29.3 Å². The fraction of sp³-hybridized carbons (Fsp3) is 0.647. The standard InChI is InChI=1S/C17H26ClN3/c1-2-16(13-19-15-6-7-15)20-8-10-21(11-9-20)17-5-3-4-14(18)12-17/h3-5,12,15-16,19H,2,6-11,13H2,1H3. The number of piperazine rings is 1. The quantitative estimate of drug-likeness (QED) is 0.871. The molecule has 1 N–H and O–H groups in total. The lowest BCUT2D eigenvalue weighted by Crippen LogP contribution is -2.53. The van der Waals surface area contributed by atoms with Gasteiger partial charge < -0.3 is 10.2 Å². The van der Waals surface area contributed by atoms with Crippen LogP contribution in [0.25, 0.3) is 0 Å². The Bertz CT molecular complexity index is 453. The summed E-state index contributed by atoms with van der Waals surface area (Å²) < 4.78 is 0. The minimum absolute atomic E-state index is 0.687. The van der Waals surface area contributed by atoms with Crippen LogP contribution in [-0.2, 0) is 0 Å². The van der Waals surface area contributed by atoms with Gasteiger partial charge in [-0.3, -0.25) is 4.90 Å². The molecule has 1 aliphatic heterocycles. The second-order valence-corrected chi connectivity index (χ2v) is 6.68. The molecule has 116 valence electrons. The SMILES string of the molecule is CCC(CNC1CC1)N1CCN(c2cccc(Cl)c2)CC1. The number of anilines is 1. The van der Waals surface area contributed by atoms with Crippen molar-refractivity contribution in [3.8, 4) is 0 Å². The van der Waals surface area contributed by atoms with E-state index in [4.69, 9.17) is 11.6 Å². The van der Waals surface area contributed by atoms with E-state index in [9.17, 15) is 0 Å². The van der Waals surface area contributed by atoms with Gasteiger partial charge in [-0.1, -0.05) is 24.6 Å². The summed E-state index contributed by atoms with van der Waals surface area (Å²) in [5.74, 6) is 0. The second kappa shape index (κ2) is 6.99. The minimum atomic E-state index is 0.687. The second-order valence-electron chi connectivity index (χ2n) is 6.25. The van der Waals surface area contributed by atoms with Gasteiger partial charge in [0.2, 0.25) is 0 Å². The van der Waals surface area contributed by atoms with Crippen LogP contribution in [0.2, 0.25) is 5.02 Å². The van der Waals surface area contributed by atoms with Gasteiger partial charge in [-0.05, 0) is 37.5 Å². The van der Waals surface area contributed by atoms with Gasteiger partial charge in [-0.15, -0.1) is 0 Å². The molecule has 0 radical (unpaired) electrons. The average Bonchev–Trinajstić information content (AvgIpc) is 3.33. The number of nitrogens with one attached hydrogen (secondary N) is 1. The number of hydrogen-bond donors (Lipinski definition) is 1. The summed E-state index contributed by atoms with van der Waals surface area (Å²) in [6, 6.07) is 9.71. The van der Waals surface area contributed by atoms with Crippen molar-refractivity contribution in [2.24, 2.45) is 0 Å². The molecule has 1 aliphatic carbocycles. The van der Waals surface area contributed by atoms with Gasteiger partial charge >= 0.3 is 0 Å². The van der Waals surface area contributed by atoms with E-state index in [2.05, 4.69) is 34.2 Å². The maximum absolute atomic E-state index is 6.10. The third kappa shape index (κ3) is 4.12. The molecule has 1 unspecified atom stereocenters. The Labute approximate surface area is 133 Å². The molecule has 1 saturated carbocycles. The summed E-state index contributed by atoms with van der Waals surface area (Å²) in [6.45, 7) is 7.95. The molecule has 1 aromatic rings. The zero-order chi connectivity index (χ0) is 14.7. The summed E-state index contributed by atoms with van der Waals surface area (Å²) >= 11 is 6.10. The molecule has 1 atom stereocenters. The van der Waals surface area contributed by atoms with Crippen LogP contribution in [0.4, 0.5) is 5.69 Å². The van der Waals surface area contributed by atoms with Crippen LogP contribution in [-0.4, -0.2) is 49.7 Å². The Morgan fingerprint density at radius 2 is 2.00 bits per heavy atom. The molecule has 1 aromatic carbocycles. The van der Waals surface area contributed by atoms with Crippen LogP contribution in [0.3, 0.4) is 0 Å². The van der Waals surface area contributed by atoms with E-state index in [1.807, 2.05) is 12.1 Å². The van der Waals surface area contributed by atoms with E-state index in [1.165, 1.54) is 24.9 Å². The third-order valence-electron chi connectivity index (χ3n) is 4.69. The number of benzene rings is 1. The van der Waals surface area contributed by atoms with E-state index < -0.39 is 0 Å². The first-order chi connectivity index (χ1) is 10.3. The number of hydrogen-bond acceptors (Lipinski definition) is 3. The molecular weight excluding hydrogens is 282 g/mol. The van der Waals surface area contributed by atoms with Crippen molar-refractivity contribution in [3.63, 3.8) is 0 Å². The number of halogens is 1. The summed E-state index contributed by atoms with van der Waals surface area (Å²) in [6.07, 6.45) is 3.98. The Morgan fingerprint density at radius 1 is 1.24 bits per heavy atom. The fourth-order valence-electron chi connectivity index (χ4n) is 3.14. The minimum Gasteiger partial charge on any atom is -0.369 e. The van der Waals surface area contributed by atoms with Gasteiger partial charge in [0.05, 0.1) is 0 Å². The highest BCUT2D eigenvalue weighted by Gasteiger charge is 2.26. The van der Waals surface area contributed by atoms with Crippen LogP contribution in [0.5, 0.6) is 0 Å². The molecular formula is C17H26ClN3. The van der Waals surface area contributed by atoms with E-state index in [0.717, 1.165) is 43.8 Å². The Balaban J connectivity index is 1.51. The van der Waals surface area contributed by atoms with Crippen LogP contribution in [0.15, 0.2) is 24.3 Å². The van der Waals surface area contributed by atoms with Crippen LogP contribution in [0, 0.1) is 0 Å². The lowest BCUT2D eigenvalue weighted by atomic mass is 10.1. The van der Waals surface area contributed by atoms with E-state index in [-0.39, 0.29) is 0 Å². The van der Waals surface area contributed by atoms with Crippen molar-refractivity contribution in [1.82, 2.24) is 10.2 Å². The normalized spacial score (nSPS) is 21.5. The zero-order valence-corrected chi connectivity index (χ0v) is 13.6. The van der Waals surface area contributed by atoms with E-state index in [1.54, 1.807) is 0 Å². The monoisotopic (exact) mass is 307 g/mol. The van der Waals surface area contributed by atoms with Crippen LogP contribution in [0.1, 0.15) is 26.2 Å². The average molecular weight is 308 g/mol. The van der Waals surface area contributed by atoms with Gasteiger partial charge in [-0.25, -0.2) is 0 Å². The first-order valence-electron chi connectivity index (χ1n) is 8.24. The molecule has 1 heterocycles. The summed E-state index contributed by atoms with van der Waals surface area (Å²) in [4.78, 5) is 5.10. The van der Waals surface area contributed by atoms with Gasteiger partial charge in [0.15, 0.2) is 0 Å². The molecule has 3 rings (SSSR count). The molecule has 4 heteroatoms. The van der Waals surface area contributed by atoms with Crippen molar-refractivity contribution in [2.45, 2.75) is 38.3 Å². The van der Waals surface area contributed by atoms with E-state index >= 15 is 0 Å². The highest BCUT2D eigenvalue weighted by Crippen LogP contribution is 2.22. The Morgan fingerprint density at radius 3 is 2.62 bits per heavy atom. The molecule has 2 fully saturated rings. The number of rotatable bonds is 6. The van der Waals surface area contributed by atoms with Crippen molar-refractivity contribution in [1.29, 1.82) is 0 Å². The van der Waals surface area contributed by atoms with Gasteiger partial charge in [-0.2, -0.15) is 0 Å². The lowest BCUT2D eigenvalue weighted by molar-refractivity contribution is 0.176. The van der Waals surface area contributed by atoms with Crippen molar-refractivity contribution < 1.29 is 0 Å². The third-order valence-corrected chi connectivity index (χ3v) is 4.93. The molecule has 2 aliphatic rings. The predicted molar refractivity (Wildman–Crippen MR) is 90.3 cm³/mol. The van der Waals surface area contributed by atoms with Crippen molar-refractivity contribution >= 4 is 17.3 Å². The van der Waals surface area contributed by atoms with E-state index in [0.29, 0.717) is 6.04 Å². The predicted octanol–water partition coefficient (Wildman–Crippen LogP) is 2.99. The Kier molecular flexibility index (Phi) is 5.04. The van der Waals surface area contributed by atoms with Gasteiger partial charge in [0.1, 0.15) is 0 Å².